The molecule has 0 bridgehead atoms. The van der Waals surface area contributed by atoms with Crippen LogP contribution in [-0.4, -0.2) is 23.1 Å². The van der Waals surface area contributed by atoms with Gasteiger partial charge in [0.25, 0.3) is 5.91 Å². The Balaban J connectivity index is 1.80. The lowest BCUT2D eigenvalue weighted by Crippen LogP contribution is -2.30. The van der Waals surface area contributed by atoms with Gasteiger partial charge in [0.2, 0.25) is 0 Å². The largest absolute Gasteiger partial charge is 0.524 e. The summed E-state index contributed by atoms with van der Waals surface area (Å²) in [6.45, 7) is 3.49. The second-order valence-corrected chi connectivity index (χ2v) is 7.36. The highest BCUT2D eigenvalue weighted by atomic mass is 32.2. The molecule has 29 heavy (non-hydrogen) atoms. The normalized spacial score (nSPS) is 14.7. The van der Waals surface area contributed by atoms with Gasteiger partial charge in [0.05, 0.1) is 0 Å². The van der Waals surface area contributed by atoms with Gasteiger partial charge in [0.15, 0.2) is 11.6 Å². The van der Waals surface area contributed by atoms with E-state index in [-0.39, 0.29) is 5.69 Å². The van der Waals surface area contributed by atoms with Crippen molar-refractivity contribution in [3.05, 3.63) is 46.8 Å². The van der Waals surface area contributed by atoms with Crippen molar-refractivity contribution in [3.63, 3.8) is 0 Å². The molecule has 5 nitrogen and oxygen atoms in total. The molecule has 1 amide bonds. The van der Waals surface area contributed by atoms with Crippen LogP contribution < -0.4 is 10.0 Å². The number of hydrogen-bond donors (Lipinski definition) is 2. The average molecular weight is 435 g/mol. The van der Waals surface area contributed by atoms with Crippen LogP contribution in [0.5, 0.6) is 0 Å². The SMILES string of the molecule is Cc1c(SNC(C)OC(F)(F)F)c2n(c1C(=O)Nc1ccc(F)c(F)c1)CCC2. The van der Waals surface area contributed by atoms with E-state index in [9.17, 15) is 26.7 Å². The maximum absolute atomic E-state index is 13.4. The molecule has 0 spiro atoms. The van der Waals surface area contributed by atoms with Crippen LogP contribution in [0, 0.1) is 18.6 Å². The molecule has 0 saturated heterocycles. The van der Waals surface area contributed by atoms with E-state index in [1.165, 1.54) is 13.0 Å². The molecule has 158 valence electrons. The van der Waals surface area contributed by atoms with Crippen molar-refractivity contribution in [1.29, 1.82) is 0 Å². The van der Waals surface area contributed by atoms with Crippen molar-refractivity contribution in [2.45, 2.75) is 50.7 Å². The van der Waals surface area contributed by atoms with E-state index in [1.807, 2.05) is 0 Å². The van der Waals surface area contributed by atoms with Gasteiger partial charge in [-0.2, -0.15) is 0 Å². The summed E-state index contributed by atoms with van der Waals surface area (Å²) in [5, 5.41) is 2.54. The fourth-order valence-corrected chi connectivity index (χ4v) is 4.15. The molecule has 1 aromatic heterocycles. The monoisotopic (exact) mass is 435 g/mol. The summed E-state index contributed by atoms with van der Waals surface area (Å²) in [6.07, 6.45) is -4.61. The highest BCUT2D eigenvalue weighted by Crippen LogP contribution is 2.35. The molecule has 1 aliphatic rings. The number of carbonyl (C=O) groups excluding carboxylic acids is 1. The summed E-state index contributed by atoms with van der Waals surface area (Å²) < 4.78 is 71.7. The van der Waals surface area contributed by atoms with Crippen LogP contribution >= 0.6 is 11.9 Å². The summed E-state index contributed by atoms with van der Waals surface area (Å²) >= 11 is 0.965. The Labute approximate surface area is 167 Å². The Morgan fingerprint density at radius 3 is 2.66 bits per heavy atom. The van der Waals surface area contributed by atoms with E-state index in [0.717, 1.165) is 36.2 Å². The Morgan fingerprint density at radius 1 is 1.28 bits per heavy atom. The number of rotatable bonds is 6. The first kappa shape index (κ1) is 21.6. The van der Waals surface area contributed by atoms with Gasteiger partial charge in [0.1, 0.15) is 11.9 Å². The van der Waals surface area contributed by atoms with E-state index in [2.05, 4.69) is 14.8 Å². The van der Waals surface area contributed by atoms with E-state index < -0.39 is 30.1 Å². The molecule has 1 aromatic carbocycles. The van der Waals surface area contributed by atoms with Gasteiger partial charge in [-0.3, -0.25) is 9.53 Å². The van der Waals surface area contributed by atoms with Crippen LogP contribution in [0.1, 0.15) is 35.1 Å². The third-order valence-electron chi connectivity index (χ3n) is 4.38. The van der Waals surface area contributed by atoms with Gasteiger partial charge < -0.3 is 9.88 Å². The number of nitrogens with zero attached hydrogens (tertiary/aromatic N) is 1. The topological polar surface area (TPSA) is 55.3 Å². The van der Waals surface area contributed by atoms with Crippen LogP contribution in [0.3, 0.4) is 0 Å². The molecule has 1 aliphatic heterocycles. The first-order chi connectivity index (χ1) is 13.6. The zero-order chi connectivity index (χ0) is 21.3. The summed E-state index contributed by atoms with van der Waals surface area (Å²) in [5.74, 6) is -2.62. The Bertz CT molecular complexity index is 929. The van der Waals surface area contributed by atoms with E-state index in [1.54, 1.807) is 11.5 Å². The van der Waals surface area contributed by atoms with Crippen molar-refractivity contribution in [2.24, 2.45) is 0 Å². The van der Waals surface area contributed by atoms with Crippen molar-refractivity contribution in [1.82, 2.24) is 9.29 Å². The van der Waals surface area contributed by atoms with Crippen LogP contribution in [0.25, 0.3) is 0 Å². The Kier molecular flexibility index (Phi) is 6.20. The van der Waals surface area contributed by atoms with Gasteiger partial charge in [-0.15, -0.1) is 13.2 Å². The predicted molar refractivity (Wildman–Crippen MR) is 97.4 cm³/mol. The highest BCUT2D eigenvalue weighted by Gasteiger charge is 2.33. The fourth-order valence-electron chi connectivity index (χ4n) is 3.24. The number of amides is 1. The number of benzene rings is 1. The van der Waals surface area contributed by atoms with Crippen molar-refractivity contribution >= 4 is 23.5 Å². The lowest BCUT2D eigenvalue weighted by Gasteiger charge is -2.16. The zero-order valence-electron chi connectivity index (χ0n) is 15.5. The summed E-state index contributed by atoms with van der Waals surface area (Å²) in [5.41, 5.74) is 1.84. The molecular formula is C18H18F5N3O2S. The molecule has 2 aromatic rings. The first-order valence-corrected chi connectivity index (χ1v) is 9.53. The fraction of sp³-hybridized carbons (Fsp3) is 0.389. The van der Waals surface area contributed by atoms with Crippen molar-refractivity contribution in [3.8, 4) is 0 Å². The van der Waals surface area contributed by atoms with Gasteiger partial charge in [-0.1, -0.05) is 0 Å². The second kappa shape index (κ2) is 8.33. The molecule has 1 unspecified atom stereocenters. The summed E-state index contributed by atoms with van der Waals surface area (Å²) in [6, 6.07) is 3.03. The molecule has 2 heterocycles. The zero-order valence-corrected chi connectivity index (χ0v) is 16.3. The van der Waals surface area contributed by atoms with Gasteiger partial charge >= 0.3 is 6.36 Å². The van der Waals surface area contributed by atoms with E-state index in [0.29, 0.717) is 29.1 Å². The van der Waals surface area contributed by atoms with Crippen LogP contribution in [-0.2, 0) is 17.7 Å². The maximum Gasteiger partial charge on any atom is 0.524 e. The van der Waals surface area contributed by atoms with Gasteiger partial charge in [-0.05, 0) is 56.3 Å². The third-order valence-corrected chi connectivity index (χ3v) is 5.57. The Morgan fingerprint density at radius 2 is 2.00 bits per heavy atom. The summed E-state index contributed by atoms with van der Waals surface area (Å²) in [4.78, 5) is 13.4. The number of nitrogens with one attached hydrogen (secondary N) is 2. The number of fused-ring (bicyclic) bond motifs is 1. The van der Waals surface area contributed by atoms with Crippen LogP contribution in [0.2, 0.25) is 0 Å². The smallest absolute Gasteiger partial charge is 0.339 e. The number of alkyl halides is 3. The number of ether oxygens (including phenoxy) is 1. The molecule has 3 rings (SSSR count). The number of carbonyl (C=O) groups is 1. The first-order valence-electron chi connectivity index (χ1n) is 8.72. The highest BCUT2D eigenvalue weighted by molar-refractivity contribution is 7.97. The molecule has 2 N–H and O–H groups in total. The molecule has 11 heteroatoms. The van der Waals surface area contributed by atoms with Crippen molar-refractivity contribution < 1.29 is 31.5 Å². The van der Waals surface area contributed by atoms with Crippen LogP contribution in [0.4, 0.5) is 27.6 Å². The molecule has 1 atom stereocenters. The maximum atomic E-state index is 13.4. The number of halogens is 5. The Hall–Kier alpha value is -2.11. The lowest BCUT2D eigenvalue weighted by atomic mass is 10.2. The number of aromatic nitrogens is 1. The van der Waals surface area contributed by atoms with E-state index in [4.69, 9.17) is 0 Å². The van der Waals surface area contributed by atoms with E-state index >= 15 is 0 Å². The lowest BCUT2D eigenvalue weighted by molar-refractivity contribution is -0.341. The minimum absolute atomic E-state index is 0.0985. The van der Waals surface area contributed by atoms with Crippen LogP contribution in [0.15, 0.2) is 23.1 Å². The second-order valence-electron chi connectivity index (χ2n) is 6.51. The molecule has 0 aliphatic carbocycles. The minimum atomic E-state index is -4.76. The quantitative estimate of drug-likeness (QED) is 0.391. The van der Waals surface area contributed by atoms with Gasteiger partial charge in [0, 0.05) is 28.9 Å². The predicted octanol–water partition coefficient (Wildman–Crippen LogP) is 4.75. The minimum Gasteiger partial charge on any atom is -0.339 e. The molecule has 0 radical (unpaired) electrons. The molecule has 0 saturated carbocycles. The molecular weight excluding hydrogens is 417 g/mol. The standard InChI is InChI=1S/C18H18F5N3O2S/c1-9-15(17(27)24-11-5-6-12(19)13(20)8-11)26-7-3-4-14(26)16(9)29-25-10(2)28-18(21,22)23/h5-6,8,10,25H,3-4,7H2,1-2H3,(H,24,27). The third kappa shape index (κ3) is 4.90. The average Bonchev–Trinajstić information content (AvgIpc) is 3.15. The van der Waals surface area contributed by atoms with Gasteiger partial charge in [-0.25, -0.2) is 13.5 Å². The molecule has 0 fully saturated rings. The van der Waals surface area contributed by atoms with Crippen molar-refractivity contribution in [2.75, 3.05) is 5.32 Å². The number of hydrogen-bond acceptors (Lipinski definition) is 4. The number of anilines is 1. The summed E-state index contributed by atoms with van der Waals surface area (Å²) in [7, 11) is 0.